The maximum atomic E-state index is 14.3. The van der Waals surface area contributed by atoms with Gasteiger partial charge in [-0.15, -0.1) is 0 Å². The third-order valence-electron chi connectivity index (χ3n) is 8.75. The zero-order chi connectivity index (χ0) is 31.5. The van der Waals surface area contributed by atoms with Crippen LogP contribution in [0.5, 0.6) is 5.75 Å². The van der Waals surface area contributed by atoms with Gasteiger partial charge in [0.25, 0.3) is 0 Å². The molecule has 0 spiro atoms. The average molecular weight is 615 g/mol. The maximum Gasteiger partial charge on any atom is 0.334 e. The highest BCUT2D eigenvalue weighted by molar-refractivity contribution is 5.92. The zero-order valence-corrected chi connectivity index (χ0v) is 26.1. The summed E-state index contributed by atoms with van der Waals surface area (Å²) in [5.74, 6) is -0.262. The van der Waals surface area contributed by atoms with Gasteiger partial charge in [-0.05, 0) is 61.7 Å². The number of carbonyl (C=O) groups excluding carboxylic acids is 3. The second-order valence-corrected chi connectivity index (χ2v) is 11.9. The molecule has 2 heterocycles. The number of nitrogens with zero attached hydrogens (tertiary/aromatic N) is 5. The predicted molar refractivity (Wildman–Crippen MR) is 176 cm³/mol. The van der Waals surface area contributed by atoms with Crippen LogP contribution in [0.3, 0.4) is 0 Å². The van der Waals surface area contributed by atoms with E-state index in [-0.39, 0.29) is 56.6 Å². The van der Waals surface area contributed by atoms with Gasteiger partial charge in [-0.1, -0.05) is 62.0 Å². The van der Waals surface area contributed by atoms with Crippen LogP contribution in [-0.2, 0) is 22.6 Å². The van der Waals surface area contributed by atoms with Crippen LogP contribution in [0.15, 0.2) is 78.9 Å². The fourth-order valence-corrected chi connectivity index (χ4v) is 6.01. The largest absolute Gasteiger partial charge is 0.508 e. The number of piperazine rings is 1. The van der Waals surface area contributed by atoms with E-state index < -0.39 is 12.2 Å². The summed E-state index contributed by atoms with van der Waals surface area (Å²) in [5, 5.41) is 16.1. The molecule has 0 aliphatic carbocycles. The van der Waals surface area contributed by atoms with Crippen molar-refractivity contribution in [3.8, 4) is 5.75 Å². The Balaban J connectivity index is 0.00000461. The van der Waals surface area contributed by atoms with Crippen molar-refractivity contribution in [3.63, 3.8) is 0 Å². The van der Waals surface area contributed by atoms with Gasteiger partial charge in [-0.25, -0.2) is 14.8 Å². The third kappa shape index (κ3) is 7.06. The third-order valence-corrected chi connectivity index (χ3v) is 8.75. The smallest absolute Gasteiger partial charge is 0.334 e. The van der Waals surface area contributed by atoms with Crippen molar-refractivity contribution in [1.82, 2.24) is 25.1 Å². The summed E-state index contributed by atoms with van der Waals surface area (Å²) in [6, 6.07) is 23.3. The first-order chi connectivity index (χ1) is 21.0. The molecule has 240 valence electrons. The van der Waals surface area contributed by atoms with E-state index in [0.29, 0.717) is 12.6 Å². The molecule has 0 radical (unpaired) electrons. The van der Waals surface area contributed by atoms with E-state index in [2.05, 4.69) is 36.2 Å². The normalized spacial score (nSPS) is 19.2. The highest BCUT2D eigenvalue weighted by Gasteiger charge is 2.51. The SMILES string of the molecule is C.CC(C)N(C)c1cccc([C@@H](C)N2C[C@H]3N(C(=O)CN(C)N3C(=O)NCc3ccccc3)[C@@H](Cc3ccc(O)cc3)C2=O)c1. The van der Waals surface area contributed by atoms with Crippen LogP contribution in [0.2, 0.25) is 0 Å². The van der Waals surface area contributed by atoms with Crippen LogP contribution in [0.4, 0.5) is 10.5 Å². The molecule has 0 saturated carbocycles. The molecular formula is C35H46N6O4. The molecule has 2 saturated heterocycles. The Morgan fingerprint density at radius 3 is 2.33 bits per heavy atom. The Morgan fingerprint density at radius 1 is 0.978 bits per heavy atom. The number of hydrogen-bond acceptors (Lipinski definition) is 6. The molecule has 4 amide bonds. The second-order valence-electron chi connectivity index (χ2n) is 11.9. The number of phenolic OH excluding ortho intramolecular Hbond substituents is 1. The molecule has 45 heavy (non-hydrogen) atoms. The molecule has 2 aliphatic heterocycles. The number of fused-ring (bicyclic) bond motifs is 1. The van der Waals surface area contributed by atoms with Crippen LogP contribution in [0.1, 0.15) is 50.9 Å². The Morgan fingerprint density at radius 2 is 1.67 bits per heavy atom. The molecule has 0 aromatic heterocycles. The summed E-state index contributed by atoms with van der Waals surface area (Å²) in [6.07, 6.45) is -0.454. The number of nitrogens with one attached hydrogen (secondary N) is 1. The number of rotatable bonds is 8. The Bertz CT molecular complexity index is 1480. The fraction of sp³-hybridized carbons (Fsp3) is 0.400. The first-order valence-corrected chi connectivity index (χ1v) is 15.1. The number of amides is 4. The van der Waals surface area contributed by atoms with Crippen LogP contribution in [0, 0.1) is 0 Å². The first kappa shape index (κ1) is 33.3. The van der Waals surface area contributed by atoms with E-state index in [1.165, 1.54) is 0 Å². The van der Waals surface area contributed by atoms with E-state index in [4.69, 9.17) is 0 Å². The van der Waals surface area contributed by atoms with Crippen LogP contribution in [-0.4, -0.2) is 88.2 Å². The van der Waals surface area contributed by atoms with Crippen molar-refractivity contribution < 1.29 is 19.5 Å². The zero-order valence-electron chi connectivity index (χ0n) is 26.1. The summed E-state index contributed by atoms with van der Waals surface area (Å²) in [4.78, 5) is 47.3. The van der Waals surface area contributed by atoms with Gasteiger partial charge in [-0.2, -0.15) is 0 Å². The molecule has 0 bridgehead atoms. The Hall–Kier alpha value is -4.57. The van der Waals surface area contributed by atoms with Crippen LogP contribution in [0.25, 0.3) is 0 Å². The molecular weight excluding hydrogens is 568 g/mol. The van der Waals surface area contributed by atoms with Crippen molar-refractivity contribution >= 4 is 23.5 Å². The van der Waals surface area contributed by atoms with Gasteiger partial charge in [0.15, 0.2) is 0 Å². The molecule has 3 atom stereocenters. The van der Waals surface area contributed by atoms with E-state index in [9.17, 15) is 19.5 Å². The number of hydrogen-bond donors (Lipinski definition) is 2. The summed E-state index contributed by atoms with van der Waals surface area (Å²) in [5.41, 5.74) is 3.78. The lowest BCUT2D eigenvalue weighted by molar-refractivity contribution is -0.189. The van der Waals surface area contributed by atoms with Gasteiger partial charge in [-0.3, -0.25) is 9.59 Å². The molecule has 3 aromatic rings. The standard InChI is InChI=1S/C34H42N6O4.CH4/c1-23(2)37(5)28-13-9-12-27(19-28)24(3)38-21-31-39(30(33(38)43)18-25-14-16-29(41)17-15-25)32(42)22-36(4)40(31)34(44)35-20-26-10-7-6-8-11-26;/h6-17,19,23-24,30-31,41H,18,20-22H2,1-5H3,(H,35,44);1H4/t24-,30+,31+;/m1./s1. The highest BCUT2D eigenvalue weighted by Crippen LogP contribution is 2.34. The number of aromatic hydroxyl groups is 1. The van der Waals surface area contributed by atoms with Crippen molar-refractivity contribution in [1.29, 1.82) is 0 Å². The second kappa shape index (κ2) is 14.0. The lowest BCUT2D eigenvalue weighted by Crippen LogP contribution is -2.76. The number of carbonyl (C=O) groups is 3. The number of benzene rings is 3. The minimum absolute atomic E-state index is 0. The Labute approximate surface area is 266 Å². The molecule has 2 N–H and O–H groups in total. The van der Waals surface area contributed by atoms with Crippen molar-refractivity contribution in [2.45, 2.75) is 65.5 Å². The molecule has 2 fully saturated rings. The quantitative estimate of drug-likeness (QED) is 0.385. The summed E-state index contributed by atoms with van der Waals surface area (Å²) >= 11 is 0. The molecule has 2 aliphatic rings. The average Bonchev–Trinajstić information content (AvgIpc) is 3.01. The fourth-order valence-electron chi connectivity index (χ4n) is 6.01. The molecule has 0 unspecified atom stereocenters. The number of phenols is 1. The van der Waals surface area contributed by atoms with Crippen LogP contribution >= 0.6 is 0 Å². The lowest BCUT2D eigenvalue weighted by atomic mass is 9.96. The minimum Gasteiger partial charge on any atom is -0.508 e. The maximum absolute atomic E-state index is 14.3. The minimum atomic E-state index is -0.826. The molecule has 5 rings (SSSR count). The number of urea groups is 1. The first-order valence-electron chi connectivity index (χ1n) is 15.1. The van der Waals surface area contributed by atoms with Gasteiger partial charge >= 0.3 is 6.03 Å². The van der Waals surface area contributed by atoms with Gasteiger partial charge in [0.05, 0.1) is 19.1 Å². The predicted octanol–water partition coefficient (Wildman–Crippen LogP) is 4.61. The monoisotopic (exact) mass is 614 g/mol. The van der Waals surface area contributed by atoms with Gasteiger partial charge in [0, 0.05) is 38.8 Å². The van der Waals surface area contributed by atoms with E-state index in [1.807, 2.05) is 56.4 Å². The lowest BCUT2D eigenvalue weighted by Gasteiger charge is -2.55. The van der Waals surface area contributed by atoms with E-state index in [1.54, 1.807) is 51.1 Å². The van der Waals surface area contributed by atoms with Crippen molar-refractivity contribution in [2.75, 3.05) is 32.1 Å². The van der Waals surface area contributed by atoms with Gasteiger partial charge in [0.1, 0.15) is 18.0 Å². The van der Waals surface area contributed by atoms with Gasteiger partial charge in [0.2, 0.25) is 11.8 Å². The summed E-state index contributed by atoms with van der Waals surface area (Å²) < 4.78 is 0. The number of likely N-dealkylation sites (N-methyl/N-ethyl adjacent to an activating group) is 1. The Kier molecular flexibility index (Phi) is 10.4. The van der Waals surface area contributed by atoms with E-state index in [0.717, 1.165) is 22.4 Å². The number of hydrazine groups is 1. The van der Waals surface area contributed by atoms with Crippen LogP contribution < -0.4 is 10.2 Å². The topological polar surface area (TPSA) is 99.7 Å². The molecule has 10 heteroatoms. The summed E-state index contributed by atoms with van der Waals surface area (Å²) in [7, 11) is 3.77. The van der Waals surface area contributed by atoms with Crippen molar-refractivity contribution in [2.24, 2.45) is 0 Å². The van der Waals surface area contributed by atoms with Gasteiger partial charge < -0.3 is 25.1 Å². The summed E-state index contributed by atoms with van der Waals surface area (Å²) in [6.45, 7) is 6.70. The highest BCUT2D eigenvalue weighted by atomic mass is 16.3. The number of anilines is 1. The van der Waals surface area contributed by atoms with Crippen molar-refractivity contribution in [3.05, 3.63) is 95.6 Å². The van der Waals surface area contributed by atoms with E-state index >= 15 is 0 Å². The molecule has 10 nitrogen and oxygen atoms in total. The molecule has 3 aromatic carbocycles.